The second-order valence-electron chi connectivity index (χ2n) is 5.84. The third-order valence-corrected chi connectivity index (χ3v) is 4.19. The van der Waals surface area contributed by atoms with Gasteiger partial charge in [-0.05, 0) is 26.0 Å². The summed E-state index contributed by atoms with van der Waals surface area (Å²) in [5.41, 5.74) is 0.700. The van der Waals surface area contributed by atoms with Gasteiger partial charge in [0.25, 0.3) is 0 Å². The number of esters is 3. The molecular formula is C18H20N2O7. The summed E-state index contributed by atoms with van der Waals surface area (Å²) in [6.45, 7) is 2.52. The molecule has 27 heavy (non-hydrogen) atoms. The summed E-state index contributed by atoms with van der Waals surface area (Å²) >= 11 is 0. The molecule has 1 aromatic rings. The van der Waals surface area contributed by atoms with E-state index in [1.165, 1.54) is 13.0 Å². The summed E-state index contributed by atoms with van der Waals surface area (Å²) < 4.78 is 14.6. The van der Waals surface area contributed by atoms with Gasteiger partial charge in [0.15, 0.2) is 6.61 Å². The zero-order valence-corrected chi connectivity index (χ0v) is 15.4. The van der Waals surface area contributed by atoms with Crippen LogP contribution in [0.4, 0.5) is 0 Å². The predicted molar refractivity (Wildman–Crippen MR) is 92.9 cm³/mol. The maximum atomic E-state index is 12.7. The smallest absolute Gasteiger partial charge is 0.336 e. The molecule has 0 bridgehead atoms. The first kappa shape index (κ1) is 20.1. The van der Waals surface area contributed by atoms with Gasteiger partial charge >= 0.3 is 17.9 Å². The Balaban J connectivity index is 2.32. The topological polar surface area (TPSA) is 124 Å². The zero-order valence-electron chi connectivity index (χ0n) is 15.4. The van der Waals surface area contributed by atoms with E-state index in [2.05, 4.69) is 9.98 Å². The molecule has 0 amide bonds. The Morgan fingerprint density at radius 1 is 1.07 bits per heavy atom. The van der Waals surface area contributed by atoms with E-state index in [1.807, 2.05) is 0 Å². The third-order valence-electron chi connectivity index (χ3n) is 4.19. The van der Waals surface area contributed by atoms with E-state index in [0.29, 0.717) is 5.71 Å². The molecule has 1 aliphatic rings. The van der Waals surface area contributed by atoms with Crippen LogP contribution in [0.3, 0.4) is 0 Å². The molecule has 1 N–H and O–H groups in total. The number of carbonyl (C=O) groups is 4. The SMILES string of the molecule is COC(=O)C1=C(C)N=C(C)C(C(=O)OC)[C@@H]1C(=O)OCC(=O)c1ccc[nH]1. The molecule has 0 saturated heterocycles. The monoisotopic (exact) mass is 376 g/mol. The van der Waals surface area contributed by atoms with Crippen molar-refractivity contribution in [1.29, 1.82) is 0 Å². The molecule has 0 aliphatic carbocycles. The van der Waals surface area contributed by atoms with Crippen LogP contribution in [0.15, 0.2) is 34.6 Å². The molecule has 0 fully saturated rings. The number of methoxy groups -OCH3 is 2. The van der Waals surface area contributed by atoms with Crippen LogP contribution in [0.2, 0.25) is 0 Å². The number of ether oxygens (including phenoxy) is 3. The number of ketones is 1. The van der Waals surface area contributed by atoms with Crippen molar-refractivity contribution in [1.82, 2.24) is 4.98 Å². The van der Waals surface area contributed by atoms with E-state index in [-0.39, 0.29) is 17.0 Å². The van der Waals surface area contributed by atoms with E-state index >= 15 is 0 Å². The standard InChI is InChI=1S/C18H20N2O7/c1-9-13(16(22)25-3)15(14(10(2)20-9)17(23)26-4)18(24)27-8-12(21)11-6-5-7-19-11/h5-7,13,15,19H,8H2,1-4H3/t13?,15-/m0/s1. The first-order chi connectivity index (χ1) is 12.8. The number of aromatic nitrogens is 1. The lowest BCUT2D eigenvalue weighted by atomic mass is 9.80. The maximum absolute atomic E-state index is 12.7. The van der Waals surface area contributed by atoms with Gasteiger partial charge in [-0.2, -0.15) is 0 Å². The Hall–Kier alpha value is -3.23. The van der Waals surface area contributed by atoms with Crippen LogP contribution in [0, 0.1) is 11.8 Å². The Kier molecular flexibility index (Phi) is 6.27. The van der Waals surface area contributed by atoms with Crippen LogP contribution in [-0.2, 0) is 28.6 Å². The van der Waals surface area contributed by atoms with Gasteiger partial charge in [-0.15, -0.1) is 0 Å². The maximum Gasteiger partial charge on any atom is 0.336 e. The molecule has 0 saturated carbocycles. The first-order valence-electron chi connectivity index (χ1n) is 8.07. The highest BCUT2D eigenvalue weighted by Crippen LogP contribution is 2.33. The molecule has 9 heteroatoms. The Morgan fingerprint density at radius 3 is 2.33 bits per heavy atom. The van der Waals surface area contributed by atoms with Crippen molar-refractivity contribution in [3.8, 4) is 0 Å². The van der Waals surface area contributed by atoms with E-state index in [9.17, 15) is 19.2 Å². The molecule has 2 atom stereocenters. The summed E-state index contributed by atoms with van der Waals surface area (Å²) in [6, 6.07) is 3.17. The Morgan fingerprint density at radius 2 is 1.78 bits per heavy atom. The predicted octanol–water partition coefficient (Wildman–Crippen LogP) is 1.07. The van der Waals surface area contributed by atoms with Gasteiger partial charge in [-0.25, -0.2) is 4.79 Å². The average molecular weight is 376 g/mol. The second-order valence-corrected chi connectivity index (χ2v) is 5.84. The van der Waals surface area contributed by atoms with Crippen molar-refractivity contribution in [2.75, 3.05) is 20.8 Å². The van der Waals surface area contributed by atoms with Crippen molar-refractivity contribution in [2.24, 2.45) is 16.8 Å². The minimum Gasteiger partial charge on any atom is -0.468 e. The van der Waals surface area contributed by atoms with Crippen LogP contribution in [0.1, 0.15) is 24.3 Å². The summed E-state index contributed by atoms with van der Waals surface area (Å²) in [5.74, 6) is -5.40. The van der Waals surface area contributed by atoms with Crippen LogP contribution in [0.25, 0.3) is 0 Å². The highest BCUT2D eigenvalue weighted by Gasteiger charge is 2.46. The number of carbonyl (C=O) groups excluding carboxylic acids is 4. The largest absolute Gasteiger partial charge is 0.468 e. The molecule has 1 unspecified atom stereocenters. The van der Waals surface area contributed by atoms with Crippen LogP contribution in [0.5, 0.6) is 0 Å². The fourth-order valence-corrected chi connectivity index (χ4v) is 2.91. The number of allylic oxidation sites excluding steroid dienone is 1. The van der Waals surface area contributed by atoms with Crippen molar-refractivity contribution in [2.45, 2.75) is 13.8 Å². The van der Waals surface area contributed by atoms with Crippen LogP contribution >= 0.6 is 0 Å². The number of rotatable bonds is 6. The molecule has 9 nitrogen and oxygen atoms in total. The van der Waals surface area contributed by atoms with Gasteiger partial charge in [-0.3, -0.25) is 19.4 Å². The van der Waals surface area contributed by atoms with Gasteiger partial charge in [0.05, 0.1) is 25.5 Å². The molecule has 0 spiro atoms. The number of nitrogens with zero attached hydrogens (tertiary/aromatic N) is 1. The summed E-state index contributed by atoms with van der Waals surface area (Å²) in [7, 11) is 2.31. The van der Waals surface area contributed by atoms with Gasteiger partial charge in [0, 0.05) is 17.6 Å². The van der Waals surface area contributed by atoms with Crippen LogP contribution < -0.4 is 0 Å². The molecule has 0 aromatic carbocycles. The normalized spacial score (nSPS) is 19.2. The van der Waals surface area contributed by atoms with E-state index in [1.54, 1.807) is 19.2 Å². The third kappa shape index (κ3) is 4.13. The van der Waals surface area contributed by atoms with E-state index < -0.39 is 42.1 Å². The number of aliphatic imine (C=N–C) groups is 1. The summed E-state index contributed by atoms with van der Waals surface area (Å²) in [6.07, 6.45) is 1.56. The number of nitrogens with one attached hydrogen (secondary N) is 1. The van der Waals surface area contributed by atoms with Gasteiger partial charge in [-0.1, -0.05) is 0 Å². The molecule has 144 valence electrons. The zero-order chi connectivity index (χ0) is 20.1. The number of aromatic amines is 1. The lowest BCUT2D eigenvalue weighted by molar-refractivity contribution is -0.156. The quantitative estimate of drug-likeness (QED) is 0.447. The fourth-order valence-electron chi connectivity index (χ4n) is 2.91. The second kappa shape index (κ2) is 8.43. The first-order valence-corrected chi connectivity index (χ1v) is 8.07. The minimum atomic E-state index is -1.32. The number of hydrogen-bond donors (Lipinski definition) is 1. The van der Waals surface area contributed by atoms with Gasteiger partial charge in [0.1, 0.15) is 11.8 Å². The Labute approximate surface area is 155 Å². The number of H-pyrrole nitrogens is 1. The van der Waals surface area contributed by atoms with E-state index in [4.69, 9.17) is 14.2 Å². The van der Waals surface area contributed by atoms with Gasteiger partial charge < -0.3 is 19.2 Å². The minimum absolute atomic E-state index is 0.101. The lowest BCUT2D eigenvalue weighted by Crippen LogP contribution is -2.42. The highest BCUT2D eigenvalue weighted by atomic mass is 16.5. The molecule has 2 heterocycles. The molecule has 1 aromatic heterocycles. The molecule has 2 rings (SSSR count). The van der Waals surface area contributed by atoms with Crippen molar-refractivity contribution in [3.63, 3.8) is 0 Å². The summed E-state index contributed by atoms with van der Waals surface area (Å²) in [5, 5.41) is 0. The van der Waals surface area contributed by atoms with Crippen molar-refractivity contribution >= 4 is 29.4 Å². The average Bonchev–Trinajstić information content (AvgIpc) is 3.18. The molecular weight excluding hydrogens is 356 g/mol. The van der Waals surface area contributed by atoms with Gasteiger partial charge in [0.2, 0.25) is 5.78 Å². The number of hydrogen-bond acceptors (Lipinski definition) is 8. The Bertz CT molecular complexity index is 821. The van der Waals surface area contributed by atoms with Crippen LogP contribution in [-0.4, -0.2) is 55.2 Å². The van der Waals surface area contributed by atoms with Crippen molar-refractivity contribution in [3.05, 3.63) is 35.3 Å². The molecule has 0 radical (unpaired) electrons. The molecule has 1 aliphatic heterocycles. The fraction of sp³-hybridized carbons (Fsp3) is 0.389. The van der Waals surface area contributed by atoms with E-state index in [0.717, 1.165) is 14.2 Å². The lowest BCUT2D eigenvalue weighted by Gasteiger charge is -2.28. The summed E-state index contributed by atoms with van der Waals surface area (Å²) in [4.78, 5) is 56.1. The highest BCUT2D eigenvalue weighted by molar-refractivity contribution is 6.10. The number of Topliss-reactive ketones (excluding diaryl/α,β-unsaturated/α-hetero) is 1. The van der Waals surface area contributed by atoms with Crippen molar-refractivity contribution < 1.29 is 33.4 Å².